The van der Waals surface area contributed by atoms with E-state index in [4.69, 9.17) is 0 Å². The van der Waals surface area contributed by atoms with Crippen molar-refractivity contribution < 1.29 is 14.2 Å². The van der Waals surface area contributed by atoms with Crippen molar-refractivity contribution in [3.05, 3.63) is 46.8 Å². The number of carbonyl (C=O) groups is 2. The third-order valence-corrected chi connectivity index (χ3v) is 5.71. The van der Waals surface area contributed by atoms with Crippen LogP contribution in [0.1, 0.15) is 103 Å². The number of ketones is 2. The zero-order valence-corrected chi connectivity index (χ0v) is 17.5. The Labute approximate surface area is 167 Å². The molecule has 2 heterocycles. The van der Waals surface area contributed by atoms with Gasteiger partial charge < -0.3 is 0 Å². The van der Waals surface area contributed by atoms with Crippen LogP contribution in [0.2, 0.25) is 0 Å². The fourth-order valence-electron chi connectivity index (χ4n) is 4.11. The van der Waals surface area contributed by atoms with Gasteiger partial charge >= 0.3 is 0 Å². The highest BCUT2D eigenvalue weighted by Crippen LogP contribution is 2.26. The molecule has 0 aromatic carbocycles. The summed E-state index contributed by atoms with van der Waals surface area (Å²) in [5.74, 6) is 0.814. The molecule has 0 unspecified atom stereocenters. The van der Waals surface area contributed by atoms with Gasteiger partial charge in [-0.05, 0) is 31.4 Å². The van der Waals surface area contributed by atoms with E-state index in [2.05, 4.69) is 28.0 Å². The Balaban J connectivity index is 1.94. The molecule has 0 saturated heterocycles. The molecule has 5 heteroatoms. The minimum Gasteiger partial charge on any atom is -0.284 e. The van der Waals surface area contributed by atoms with Gasteiger partial charge in [-0.15, -0.1) is 0 Å². The lowest BCUT2D eigenvalue weighted by molar-refractivity contribution is -0.704. The Kier molecular flexibility index (Phi) is 6.76. The number of fused-ring (bicyclic) bond motifs is 2. The van der Waals surface area contributed by atoms with E-state index in [0.29, 0.717) is 22.6 Å². The number of imidazole rings is 1. The van der Waals surface area contributed by atoms with E-state index in [9.17, 15) is 9.59 Å². The molecule has 28 heavy (non-hydrogen) atoms. The molecule has 0 saturated carbocycles. The fourth-order valence-corrected chi connectivity index (χ4v) is 4.11. The van der Waals surface area contributed by atoms with Crippen LogP contribution in [-0.2, 0) is 13.1 Å². The van der Waals surface area contributed by atoms with Crippen LogP contribution in [0.5, 0.6) is 0 Å². The lowest BCUT2D eigenvalue weighted by atomic mass is 9.94. The van der Waals surface area contributed by atoms with E-state index >= 15 is 0 Å². The van der Waals surface area contributed by atoms with E-state index < -0.39 is 0 Å². The Morgan fingerprint density at radius 1 is 0.964 bits per heavy atom. The van der Waals surface area contributed by atoms with Crippen molar-refractivity contribution in [1.29, 1.82) is 0 Å². The average molecular weight is 383 g/mol. The highest BCUT2D eigenvalue weighted by Gasteiger charge is 2.43. The second kappa shape index (κ2) is 9.26. The number of nitrogens with zero attached hydrogens (tertiary/aromatic N) is 3. The number of hydrogen-bond acceptors (Lipinski definition) is 3. The van der Waals surface area contributed by atoms with Crippen LogP contribution in [0.4, 0.5) is 0 Å². The van der Waals surface area contributed by atoms with Gasteiger partial charge in [0.1, 0.15) is 5.69 Å². The molecule has 1 aliphatic rings. The first-order chi connectivity index (χ1) is 13.6. The molecule has 0 N–H and O–H groups in total. The summed E-state index contributed by atoms with van der Waals surface area (Å²) >= 11 is 0. The van der Waals surface area contributed by atoms with Crippen LogP contribution in [0.25, 0.3) is 0 Å². The summed E-state index contributed by atoms with van der Waals surface area (Å²) in [5, 5.41) is 0. The molecule has 1 aliphatic carbocycles. The second-order valence-electron chi connectivity index (χ2n) is 7.73. The Morgan fingerprint density at radius 2 is 1.68 bits per heavy atom. The van der Waals surface area contributed by atoms with Gasteiger partial charge in [-0.1, -0.05) is 46.0 Å². The molecule has 150 valence electrons. The number of pyridine rings is 1. The topological polar surface area (TPSA) is 55.8 Å². The minimum atomic E-state index is -0.116. The quantitative estimate of drug-likeness (QED) is 0.385. The third kappa shape index (κ3) is 3.80. The number of aromatic nitrogens is 3. The monoisotopic (exact) mass is 382 g/mol. The number of hydrogen-bond donors (Lipinski definition) is 0. The first-order valence-corrected chi connectivity index (χ1v) is 10.8. The van der Waals surface area contributed by atoms with Crippen LogP contribution in [0.15, 0.2) is 18.3 Å². The second-order valence-corrected chi connectivity index (χ2v) is 7.73. The Bertz CT molecular complexity index is 867. The molecule has 3 rings (SSSR count). The maximum Gasteiger partial charge on any atom is 0.255 e. The molecular weight excluding hydrogens is 350 g/mol. The van der Waals surface area contributed by atoms with Crippen LogP contribution < -0.4 is 4.57 Å². The van der Waals surface area contributed by atoms with Gasteiger partial charge in [0.25, 0.3) is 11.6 Å². The van der Waals surface area contributed by atoms with Crippen molar-refractivity contribution in [2.45, 2.75) is 85.2 Å². The highest BCUT2D eigenvalue weighted by atomic mass is 16.1. The van der Waals surface area contributed by atoms with Crippen molar-refractivity contribution in [3.8, 4) is 0 Å². The van der Waals surface area contributed by atoms with Gasteiger partial charge in [0, 0.05) is 13.1 Å². The predicted molar refractivity (Wildman–Crippen MR) is 109 cm³/mol. The van der Waals surface area contributed by atoms with Crippen LogP contribution >= 0.6 is 0 Å². The van der Waals surface area contributed by atoms with E-state index in [0.717, 1.165) is 44.6 Å². The SMILES string of the molecule is CCCCCCCC[n+]1c2c(n(CCCC)c1C)C(=O)c1cccnc1C2=O. The Morgan fingerprint density at radius 3 is 2.43 bits per heavy atom. The normalized spacial score (nSPS) is 13.0. The lowest BCUT2D eigenvalue weighted by Crippen LogP contribution is -2.43. The van der Waals surface area contributed by atoms with Crippen LogP contribution in [-0.4, -0.2) is 21.1 Å². The molecule has 0 fully saturated rings. The lowest BCUT2D eigenvalue weighted by Gasteiger charge is -2.12. The first-order valence-electron chi connectivity index (χ1n) is 10.8. The smallest absolute Gasteiger partial charge is 0.255 e. The summed E-state index contributed by atoms with van der Waals surface area (Å²) < 4.78 is 4.13. The van der Waals surface area contributed by atoms with E-state index in [-0.39, 0.29) is 11.6 Å². The summed E-state index contributed by atoms with van der Waals surface area (Å²) in [4.78, 5) is 30.7. The van der Waals surface area contributed by atoms with Crippen molar-refractivity contribution in [2.75, 3.05) is 0 Å². The largest absolute Gasteiger partial charge is 0.284 e. The highest BCUT2D eigenvalue weighted by molar-refractivity contribution is 6.25. The van der Waals surface area contributed by atoms with Gasteiger partial charge in [-0.3, -0.25) is 14.6 Å². The maximum absolute atomic E-state index is 13.2. The average Bonchev–Trinajstić information content (AvgIpc) is 2.99. The zero-order chi connectivity index (χ0) is 20.1. The zero-order valence-electron chi connectivity index (χ0n) is 17.5. The standard InChI is InChI=1S/C23H32N3O2/c1-4-6-8-9-10-11-16-26-17(3)25(15-7-5-2)20-21(26)23(28)19-18(22(20)27)13-12-14-24-19/h12-14H,4-11,15-16H2,1-3H3/q+1. The van der Waals surface area contributed by atoms with Crippen molar-refractivity contribution in [1.82, 2.24) is 9.55 Å². The molecule has 2 aromatic heterocycles. The molecule has 0 radical (unpaired) electrons. The molecule has 0 amide bonds. The number of carbonyl (C=O) groups excluding carboxylic acids is 2. The van der Waals surface area contributed by atoms with Gasteiger partial charge in [-0.2, -0.15) is 0 Å². The summed E-state index contributed by atoms with van der Waals surface area (Å²) in [6, 6.07) is 3.45. The van der Waals surface area contributed by atoms with Crippen molar-refractivity contribution >= 4 is 11.6 Å². The number of rotatable bonds is 10. The molecule has 0 aliphatic heterocycles. The molecule has 0 spiro atoms. The van der Waals surface area contributed by atoms with Gasteiger partial charge in [-0.25, -0.2) is 9.13 Å². The predicted octanol–water partition coefficient (Wildman–Crippen LogP) is 4.42. The summed E-state index contributed by atoms with van der Waals surface area (Å²) in [5.41, 5.74) is 1.83. The van der Waals surface area contributed by atoms with E-state index in [1.165, 1.54) is 25.7 Å². The van der Waals surface area contributed by atoms with Crippen LogP contribution in [0, 0.1) is 6.92 Å². The minimum absolute atomic E-state index is 0.0707. The van der Waals surface area contributed by atoms with Crippen LogP contribution in [0.3, 0.4) is 0 Å². The summed E-state index contributed by atoms with van der Waals surface area (Å²) in [6.07, 6.45) is 10.8. The van der Waals surface area contributed by atoms with Gasteiger partial charge in [0.2, 0.25) is 17.2 Å². The first kappa shape index (κ1) is 20.4. The van der Waals surface area contributed by atoms with Gasteiger partial charge in [0.05, 0.1) is 18.7 Å². The van der Waals surface area contributed by atoms with E-state index in [1.807, 2.05) is 6.92 Å². The number of unbranched alkanes of at least 4 members (excludes halogenated alkanes) is 6. The van der Waals surface area contributed by atoms with E-state index in [1.54, 1.807) is 18.3 Å². The third-order valence-electron chi connectivity index (χ3n) is 5.71. The molecule has 0 atom stereocenters. The molecule has 0 bridgehead atoms. The molecule has 2 aromatic rings. The maximum atomic E-state index is 13.2. The summed E-state index contributed by atoms with van der Waals surface area (Å²) in [7, 11) is 0. The van der Waals surface area contributed by atoms with Crippen molar-refractivity contribution in [2.24, 2.45) is 0 Å². The Hall–Kier alpha value is -2.30. The summed E-state index contributed by atoms with van der Waals surface area (Å²) in [6.45, 7) is 7.94. The molecule has 5 nitrogen and oxygen atoms in total. The van der Waals surface area contributed by atoms with Crippen molar-refractivity contribution in [3.63, 3.8) is 0 Å². The van der Waals surface area contributed by atoms with Gasteiger partial charge in [0.15, 0.2) is 0 Å². The fraction of sp³-hybridized carbons (Fsp3) is 0.565. The molecular formula is C23H32N3O2+.